The molecule has 11 heteroatoms. The minimum Gasteiger partial charge on any atom is -0.466 e. The number of anilines is 1. The second-order valence-electron chi connectivity index (χ2n) is 9.01. The molecule has 0 saturated heterocycles. The van der Waals surface area contributed by atoms with Crippen molar-refractivity contribution in [3.8, 4) is 0 Å². The molecule has 3 rings (SSSR count). The van der Waals surface area contributed by atoms with Crippen LogP contribution in [0.15, 0.2) is 24.3 Å². The van der Waals surface area contributed by atoms with E-state index in [2.05, 4.69) is 20.4 Å². The van der Waals surface area contributed by atoms with E-state index in [4.69, 9.17) is 4.74 Å². The highest BCUT2D eigenvalue weighted by molar-refractivity contribution is 5.69. The maximum absolute atomic E-state index is 14.3. The van der Waals surface area contributed by atoms with Crippen molar-refractivity contribution < 1.29 is 27.1 Å². The lowest BCUT2D eigenvalue weighted by molar-refractivity contribution is -0.143. The Kier molecular flexibility index (Phi) is 7.13. The fraction of sp³-hybridized carbons (Fsp3) is 0.478. The average Bonchev–Trinajstić information content (AvgIpc) is 3.11. The predicted octanol–water partition coefficient (Wildman–Crippen LogP) is 5.29. The molecule has 0 amide bonds. The first kappa shape index (κ1) is 25.4. The van der Waals surface area contributed by atoms with Gasteiger partial charge in [0.1, 0.15) is 11.6 Å². The van der Waals surface area contributed by atoms with Crippen molar-refractivity contribution in [1.29, 1.82) is 0 Å². The SMILES string of the molecule is CCOC(=O)CCc1nc2nc(C)cc(N[C@@H](c3ccc(C(F)(F)F)c(F)c3)C(C)(C)C)n2n1. The Balaban J connectivity index is 1.97. The van der Waals surface area contributed by atoms with E-state index in [-0.39, 0.29) is 25.4 Å². The van der Waals surface area contributed by atoms with Crippen LogP contribution in [0.1, 0.15) is 62.8 Å². The van der Waals surface area contributed by atoms with Crippen LogP contribution in [0.5, 0.6) is 0 Å². The Morgan fingerprint density at radius 2 is 1.88 bits per heavy atom. The second kappa shape index (κ2) is 9.55. The summed E-state index contributed by atoms with van der Waals surface area (Å²) in [6.07, 6.45) is -4.41. The Morgan fingerprint density at radius 3 is 2.47 bits per heavy atom. The summed E-state index contributed by atoms with van der Waals surface area (Å²) in [5.41, 5.74) is -0.842. The van der Waals surface area contributed by atoms with E-state index < -0.39 is 29.0 Å². The molecule has 7 nitrogen and oxygen atoms in total. The van der Waals surface area contributed by atoms with Crippen molar-refractivity contribution in [2.45, 2.75) is 59.7 Å². The molecule has 0 aliphatic rings. The van der Waals surface area contributed by atoms with Crippen LogP contribution in [0, 0.1) is 18.2 Å². The number of nitrogens with one attached hydrogen (secondary N) is 1. The molecule has 184 valence electrons. The molecular formula is C23H27F4N5O2. The molecular weight excluding hydrogens is 454 g/mol. The molecule has 1 atom stereocenters. The lowest BCUT2D eigenvalue weighted by Gasteiger charge is -2.33. The second-order valence-corrected chi connectivity index (χ2v) is 9.01. The minimum absolute atomic E-state index is 0.113. The van der Waals surface area contributed by atoms with Crippen LogP contribution in [0.3, 0.4) is 0 Å². The molecule has 0 aliphatic carbocycles. The van der Waals surface area contributed by atoms with Crippen LogP contribution in [0.25, 0.3) is 5.78 Å². The van der Waals surface area contributed by atoms with Crippen molar-refractivity contribution in [2.24, 2.45) is 5.41 Å². The number of nitrogens with zero attached hydrogens (tertiary/aromatic N) is 4. The number of carbonyl (C=O) groups excluding carboxylic acids is 1. The van der Waals surface area contributed by atoms with Gasteiger partial charge < -0.3 is 10.1 Å². The summed E-state index contributed by atoms with van der Waals surface area (Å²) >= 11 is 0. The van der Waals surface area contributed by atoms with Crippen LogP contribution >= 0.6 is 0 Å². The molecule has 0 fully saturated rings. The molecule has 0 bridgehead atoms. The topological polar surface area (TPSA) is 81.4 Å². The standard InChI is InChI=1S/C23H27F4N5O2/c1-6-34-19(33)10-9-17-29-21-28-13(2)11-18(32(21)31-17)30-20(22(3,4)5)14-7-8-15(16(24)12-14)23(25,26)27/h7-8,11-12,20,30H,6,9-10H2,1-5H3/t20-/m0/s1. The van der Waals surface area contributed by atoms with Gasteiger partial charge in [-0.05, 0) is 37.0 Å². The quantitative estimate of drug-likeness (QED) is 0.365. The zero-order valence-corrected chi connectivity index (χ0v) is 19.6. The van der Waals surface area contributed by atoms with Crippen LogP contribution in [-0.2, 0) is 22.1 Å². The molecule has 1 N–H and O–H groups in total. The maximum atomic E-state index is 14.3. The number of hydrogen-bond donors (Lipinski definition) is 1. The molecule has 0 unspecified atom stereocenters. The normalized spacial score (nSPS) is 13.2. The molecule has 2 heterocycles. The number of halogens is 4. The van der Waals surface area contributed by atoms with Gasteiger partial charge in [-0.15, -0.1) is 5.10 Å². The first-order valence-corrected chi connectivity index (χ1v) is 10.8. The summed E-state index contributed by atoms with van der Waals surface area (Å²) in [6, 6.07) is 4.08. The van der Waals surface area contributed by atoms with Gasteiger partial charge in [0, 0.05) is 18.2 Å². The van der Waals surface area contributed by atoms with Gasteiger partial charge >= 0.3 is 12.1 Å². The lowest BCUT2D eigenvalue weighted by atomic mass is 9.82. The molecule has 2 aromatic heterocycles. The van der Waals surface area contributed by atoms with E-state index >= 15 is 0 Å². The lowest BCUT2D eigenvalue weighted by Crippen LogP contribution is -2.27. The zero-order chi connectivity index (χ0) is 25.3. The molecule has 0 spiro atoms. The van der Waals surface area contributed by atoms with E-state index in [9.17, 15) is 22.4 Å². The summed E-state index contributed by atoms with van der Waals surface area (Å²) in [5.74, 6) is -0.521. The Bertz CT molecular complexity index is 1180. The van der Waals surface area contributed by atoms with E-state index in [1.165, 1.54) is 10.6 Å². The molecule has 0 saturated carbocycles. The highest BCUT2D eigenvalue weighted by Gasteiger charge is 2.35. The number of esters is 1. The number of alkyl halides is 3. The molecule has 0 radical (unpaired) electrons. The number of carbonyl (C=O) groups is 1. The number of rotatable bonds is 7. The van der Waals surface area contributed by atoms with Gasteiger partial charge in [-0.1, -0.05) is 26.8 Å². The fourth-order valence-corrected chi connectivity index (χ4v) is 3.57. The van der Waals surface area contributed by atoms with Gasteiger partial charge in [0.15, 0.2) is 5.82 Å². The number of ether oxygens (including phenoxy) is 1. The van der Waals surface area contributed by atoms with Crippen molar-refractivity contribution in [1.82, 2.24) is 19.6 Å². The summed E-state index contributed by atoms with van der Waals surface area (Å²) in [7, 11) is 0. The Labute approximate surface area is 194 Å². The van der Waals surface area contributed by atoms with Crippen molar-refractivity contribution >= 4 is 17.6 Å². The van der Waals surface area contributed by atoms with Gasteiger partial charge in [0.05, 0.1) is 24.6 Å². The van der Waals surface area contributed by atoms with Crippen molar-refractivity contribution in [3.05, 3.63) is 52.7 Å². The number of aromatic nitrogens is 4. The zero-order valence-electron chi connectivity index (χ0n) is 19.6. The third-order valence-electron chi connectivity index (χ3n) is 5.13. The number of hydrogen-bond acceptors (Lipinski definition) is 6. The third kappa shape index (κ3) is 5.81. The molecule has 34 heavy (non-hydrogen) atoms. The average molecular weight is 481 g/mol. The summed E-state index contributed by atoms with van der Waals surface area (Å²) in [6.45, 7) is 9.43. The first-order chi connectivity index (χ1) is 15.8. The molecule has 0 aliphatic heterocycles. The van der Waals surface area contributed by atoms with Gasteiger partial charge in [0.25, 0.3) is 5.78 Å². The number of fused-ring (bicyclic) bond motifs is 1. The number of benzene rings is 1. The highest BCUT2D eigenvalue weighted by Crippen LogP contribution is 2.38. The minimum atomic E-state index is -4.78. The van der Waals surface area contributed by atoms with E-state index in [0.717, 1.165) is 12.1 Å². The Hall–Kier alpha value is -3.24. The smallest absolute Gasteiger partial charge is 0.419 e. The van der Waals surface area contributed by atoms with Crippen molar-refractivity contribution in [3.63, 3.8) is 0 Å². The summed E-state index contributed by atoms with van der Waals surface area (Å²) in [5, 5.41) is 7.71. The van der Waals surface area contributed by atoms with E-state index in [0.29, 0.717) is 28.7 Å². The molecule has 1 aromatic carbocycles. The van der Waals surface area contributed by atoms with E-state index in [1.807, 2.05) is 20.8 Å². The van der Waals surface area contributed by atoms with Crippen LogP contribution in [-0.4, -0.2) is 32.2 Å². The fourth-order valence-electron chi connectivity index (χ4n) is 3.57. The highest BCUT2D eigenvalue weighted by atomic mass is 19.4. The van der Waals surface area contributed by atoms with Gasteiger partial charge in [-0.25, -0.2) is 9.37 Å². The predicted molar refractivity (Wildman–Crippen MR) is 118 cm³/mol. The van der Waals surface area contributed by atoms with Crippen LogP contribution in [0.2, 0.25) is 0 Å². The van der Waals surface area contributed by atoms with Crippen LogP contribution < -0.4 is 5.32 Å². The largest absolute Gasteiger partial charge is 0.466 e. The van der Waals surface area contributed by atoms with Crippen molar-refractivity contribution in [2.75, 3.05) is 11.9 Å². The maximum Gasteiger partial charge on any atom is 0.419 e. The third-order valence-corrected chi connectivity index (χ3v) is 5.13. The van der Waals surface area contributed by atoms with Gasteiger partial charge in [0.2, 0.25) is 0 Å². The first-order valence-electron chi connectivity index (χ1n) is 10.8. The Morgan fingerprint density at radius 1 is 1.18 bits per heavy atom. The summed E-state index contributed by atoms with van der Waals surface area (Å²) < 4.78 is 59.8. The monoisotopic (exact) mass is 481 g/mol. The van der Waals surface area contributed by atoms with Gasteiger partial charge in [-0.3, -0.25) is 4.79 Å². The van der Waals surface area contributed by atoms with Gasteiger partial charge in [-0.2, -0.15) is 22.7 Å². The number of aryl methyl sites for hydroxylation is 2. The van der Waals surface area contributed by atoms with Crippen LogP contribution in [0.4, 0.5) is 23.4 Å². The van der Waals surface area contributed by atoms with E-state index in [1.54, 1.807) is 19.9 Å². The molecule has 3 aromatic rings. The summed E-state index contributed by atoms with van der Waals surface area (Å²) in [4.78, 5) is 20.4.